The molecule has 0 unspecified atom stereocenters. The summed E-state index contributed by atoms with van der Waals surface area (Å²) in [6, 6.07) is 20.8. The van der Waals surface area contributed by atoms with E-state index in [2.05, 4.69) is 27.3 Å². The molecule has 9 nitrogen and oxygen atoms in total. The van der Waals surface area contributed by atoms with Crippen molar-refractivity contribution in [3.63, 3.8) is 0 Å². The zero-order valence-corrected chi connectivity index (χ0v) is 20.3. The van der Waals surface area contributed by atoms with E-state index < -0.39 is 0 Å². The molecule has 1 aliphatic rings. The van der Waals surface area contributed by atoms with Crippen LogP contribution in [0.3, 0.4) is 0 Å². The number of aromatic nitrogens is 2. The van der Waals surface area contributed by atoms with E-state index in [1.54, 1.807) is 25.4 Å². The van der Waals surface area contributed by atoms with Crippen LogP contribution in [-0.2, 0) is 11.3 Å². The van der Waals surface area contributed by atoms with Crippen molar-refractivity contribution in [2.24, 2.45) is 0 Å². The Morgan fingerprint density at radius 2 is 1.81 bits per heavy atom. The number of nitrogens with one attached hydrogen (secondary N) is 1. The Bertz CT molecular complexity index is 1500. The average molecular weight is 493 g/mol. The van der Waals surface area contributed by atoms with E-state index in [9.17, 15) is 5.26 Å². The first-order valence-corrected chi connectivity index (χ1v) is 11.8. The second-order valence-corrected chi connectivity index (χ2v) is 8.38. The molecular formula is C28H24N6O3. The number of nitrogens with zero attached hydrogens (tertiary/aromatic N) is 5. The number of nitriles is 2. The number of hydrogen-bond donors (Lipinski definition) is 1. The minimum absolute atomic E-state index is 0.336. The lowest BCUT2D eigenvalue weighted by Crippen LogP contribution is -2.36. The van der Waals surface area contributed by atoms with Crippen LogP contribution in [0.5, 0.6) is 11.5 Å². The zero-order chi connectivity index (χ0) is 25.6. The van der Waals surface area contributed by atoms with Crippen molar-refractivity contribution >= 4 is 28.2 Å². The smallest absolute Gasteiger partial charge is 0.162 e. The summed E-state index contributed by atoms with van der Waals surface area (Å²) in [6.45, 7) is 3.09. The summed E-state index contributed by atoms with van der Waals surface area (Å²) < 4.78 is 16.9. The van der Waals surface area contributed by atoms with Crippen molar-refractivity contribution in [2.75, 3.05) is 43.6 Å². The highest BCUT2D eigenvalue weighted by Crippen LogP contribution is 2.34. The van der Waals surface area contributed by atoms with Crippen molar-refractivity contribution < 1.29 is 14.2 Å². The Hall–Kier alpha value is -4.86. The highest BCUT2D eigenvalue weighted by Gasteiger charge is 2.17. The Morgan fingerprint density at radius 1 is 1.00 bits per heavy atom. The number of methoxy groups -OCH3 is 1. The number of rotatable bonds is 7. The van der Waals surface area contributed by atoms with E-state index in [-0.39, 0.29) is 0 Å². The zero-order valence-electron chi connectivity index (χ0n) is 20.3. The van der Waals surface area contributed by atoms with Crippen LogP contribution in [0.2, 0.25) is 0 Å². The van der Waals surface area contributed by atoms with Crippen molar-refractivity contribution in [1.82, 2.24) is 9.97 Å². The molecule has 184 valence electrons. The molecule has 0 radical (unpaired) electrons. The van der Waals surface area contributed by atoms with E-state index in [1.807, 2.05) is 42.5 Å². The van der Waals surface area contributed by atoms with Gasteiger partial charge in [0, 0.05) is 24.8 Å². The average Bonchev–Trinajstić information content (AvgIpc) is 2.96. The lowest BCUT2D eigenvalue weighted by molar-refractivity contribution is 0.122. The molecule has 9 heteroatoms. The maximum Gasteiger partial charge on any atom is 0.162 e. The SMILES string of the molecule is COc1cc(Nc2ccc3ncc(N4CCOCC4)nc3c2C#N)ccc1OCc1ccc(C#N)cc1. The lowest BCUT2D eigenvalue weighted by atomic mass is 10.1. The van der Waals surface area contributed by atoms with Crippen LogP contribution in [-0.4, -0.2) is 43.4 Å². The van der Waals surface area contributed by atoms with Crippen LogP contribution in [0, 0.1) is 22.7 Å². The van der Waals surface area contributed by atoms with E-state index >= 15 is 0 Å². The van der Waals surface area contributed by atoms with Crippen LogP contribution in [0.15, 0.2) is 60.8 Å². The second kappa shape index (κ2) is 10.8. The summed E-state index contributed by atoms with van der Waals surface area (Å²) in [5, 5.41) is 22.3. The van der Waals surface area contributed by atoms with Gasteiger partial charge in [-0.25, -0.2) is 4.98 Å². The second-order valence-electron chi connectivity index (χ2n) is 8.38. The molecule has 0 amide bonds. The number of morpholine rings is 1. The van der Waals surface area contributed by atoms with E-state index in [1.165, 1.54) is 0 Å². The Balaban J connectivity index is 1.37. The maximum absolute atomic E-state index is 10.00. The first-order chi connectivity index (χ1) is 18.2. The topological polar surface area (TPSA) is 116 Å². The van der Waals surface area contributed by atoms with E-state index in [0.717, 1.165) is 30.2 Å². The fourth-order valence-corrected chi connectivity index (χ4v) is 4.09. The molecule has 0 atom stereocenters. The van der Waals surface area contributed by atoms with Gasteiger partial charge in [-0.1, -0.05) is 12.1 Å². The number of ether oxygens (including phenoxy) is 3. The van der Waals surface area contributed by atoms with Gasteiger partial charge in [0.2, 0.25) is 0 Å². The van der Waals surface area contributed by atoms with Crippen molar-refractivity contribution in [2.45, 2.75) is 6.61 Å². The van der Waals surface area contributed by atoms with Crippen LogP contribution in [0.25, 0.3) is 11.0 Å². The first-order valence-electron chi connectivity index (χ1n) is 11.8. The quantitative estimate of drug-likeness (QED) is 0.397. The monoisotopic (exact) mass is 492 g/mol. The lowest BCUT2D eigenvalue weighted by Gasteiger charge is -2.27. The molecule has 2 heterocycles. The predicted octanol–water partition coefficient (Wildman–Crippen LogP) is 4.54. The fraction of sp³-hybridized carbons (Fsp3) is 0.214. The maximum atomic E-state index is 10.00. The molecule has 3 aromatic carbocycles. The number of benzene rings is 3. The standard InChI is InChI=1S/C28H24N6O3/c1-35-26-14-21(6-9-25(26)37-18-20-4-2-19(15-29)3-5-20)32-23-7-8-24-28(22(23)16-30)33-27(17-31-24)34-10-12-36-13-11-34/h2-9,14,17,32H,10-13,18H2,1H3. The van der Waals surface area contributed by atoms with Gasteiger partial charge < -0.3 is 24.4 Å². The third kappa shape index (κ3) is 5.22. The van der Waals surface area contributed by atoms with Gasteiger partial charge in [0.1, 0.15) is 29.6 Å². The van der Waals surface area contributed by atoms with Gasteiger partial charge in [-0.2, -0.15) is 10.5 Å². The molecule has 37 heavy (non-hydrogen) atoms. The number of hydrogen-bond acceptors (Lipinski definition) is 9. The van der Waals surface area contributed by atoms with Crippen molar-refractivity contribution in [1.29, 1.82) is 10.5 Å². The van der Waals surface area contributed by atoms with Crippen LogP contribution >= 0.6 is 0 Å². The van der Waals surface area contributed by atoms with Crippen LogP contribution in [0.1, 0.15) is 16.7 Å². The van der Waals surface area contributed by atoms with Gasteiger partial charge >= 0.3 is 0 Å². The normalized spacial score (nSPS) is 13.0. The van der Waals surface area contributed by atoms with Gasteiger partial charge in [0.05, 0.1) is 49.4 Å². The summed E-state index contributed by atoms with van der Waals surface area (Å²) in [6.07, 6.45) is 1.74. The van der Waals surface area contributed by atoms with Crippen molar-refractivity contribution in [3.05, 3.63) is 77.5 Å². The van der Waals surface area contributed by atoms with E-state index in [0.29, 0.717) is 59.2 Å². The Morgan fingerprint density at radius 3 is 2.54 bits per heavy atom. The Kier molecular flexibility index (Phi) is 6.98. The molecule has 4 aromatic rings. The first kappa shape index (κ1) is 23.9. The molecule has 1 N–H and O–H groups in total. The predicted molar refractivity (Wildman–Crippen MR) is 139 cm³/mol. The third-order valence-electron chi connectivity index (χ3n) is 6.07. The minimum Gasteiger partial charge on any atom is -0.493 e. The molecule has 1 aromatic heterocycles. The summed E-state index contributed by atoms with van der Waals surface area (Å²) in [7, 11) is 1.58. The molecule has 1 fully saturated rings. The molecule has 5 rings (SSSR count). The molecule has 0 bridgehead atoms. The van der Waals surface area contributed by atoms with Gasteiger partial charge in [0.25, 0.3) is 0 Å². The van der Waals surface area contributed by atoms with Crippen LogP contribution < -0.4 is 19.7 Å². The molecule has 1 saturated heterocycles. The largest absolute Gasteiger partial charge is 0.493 e. The van der Waals surface area contributed by atoms with Gasteiger partial charge in [0.15, 0.2) is 11.5 Å². The molecule has 0 aliphatic carbocycles. The molecular weight excluding hydrogens is 468 g/mol. The van der Waals surface area contributed by atoms with Gasteiger partial charge in [-0.15, -0.1) is 0 Å². The minimum atomic E-state index is 0.336. The van der Waals surface area contributed by atoms with Crippen LogP contribution in [0.4, 0.5) is 17.2 Å². The number of fused-ring (bicyclic) bond motifs is 1. The van der Waals surface area contributed by atoms with Gasteiger partial charge in [-0.3, -0.25) is 4.98 Å². The molecule has 0 saturated carbocycles. The Labute approximate surface area is 214 Å². The fourth-order valence-electron chi connectivity index (χ4n) is 4.09. The summed E-state index contributed by atoms with van der Waals surface area (Å²) in [5.41, 5.74) is 4.52. The van der Waals surface area contributed by atoms with Crippen molar-refractivity contribution in [3.8, 4) is 23.6 Å². The molecule has 0 spiro atoms. The summed E-state index contributed by atoms with van der Waals surface area (Å²) >= 11 is 0. The molecule has 1 aliphatic heterocycles. The summed E-state index contributed by atoms with van der Waals surface area (Å²) in [4.78, 5) is 11.4. The van der Waals surface area contributed by atoms with E-state index in [4.69, 9.17) is 24.5 Å². The van der Waals surface area contributed by atoms with Gasteiger partial charge in [-0.05, 0) is 42.0 Å². The highest BCUT2D eigenvalue weighted by atomic mass is 16.5. The third-order valence-corrected chi connectivity index (χ3v) is 6.07. The highest BCUT2D eigenvalue weighted by molar-refractivity contribution is 5.89. The number of anilines is 3. The summed E-state index contributed by atoms with van der Waals surface area (Å²) in [5.74, 6) is 1.86.